The summed E-state index contributed by atoms with van der Waals surface area (Å²) in [4.78, 5) is 36.7. The topological polar surface area (TPSA) is 121 Å². The van der Waals surface area contributed by atoms with Crippen LogP contribution >= 0.6 is 23.5 Å². The second-order valence-electron chi connectivity index (χ2n) is 14.5. The van der Waals surface area contributed by atoms with Gasteiger partial charge in [0.05, 0.1) is 11.0 Å². The van der Waals surface area contributed by atoms with Crippen molar-refractivity contribution in [1.29, 1.82) is 0 Å². The first-order valence-corrected chi connectivity index (χ1v) is 17.9. The number of carbonyl (C=O) groups is 2. The predicted octanol–water partition coefficient (Wildman–Crippen LogP) is 7.85. The highest BCUT2D eigenvalue weighted by Crippen LogP contribution is 2.59. The molecular weight excluding hydrogens is 695 g/mol. The molecular formula is C34H45ClF3N7O4S. The summed E-state index contributed by atoms with van der Waals surface area (Å²) in [7, 11) is 0. The van der Waals surface area contributed by atoms with E-state index in [2.05, 4.69) is 39.3 Å². The minimum absolute atomic E-state index is 0.0275. The largest absolute Gasteiger partial charge is 0.444 e. The molecule has 3 aliphatic rings. The Labute approximate surface area is 300 Å². The Balaban J connectivity index is 1.05. The summed E-state index contributed by atoms with van der Waals surface area (Å²) in [5.41, 5.74) is 0.723. The third-order valence-electron chi connectivity index (χ3n) is 9.02. The van der Waals surface area contributed by atoms with E-state index in [-0.39, 0.29) is 54.3 Å². The van der Waals surface area contributed by atoms with Crippen LogP contribution in [-0.2, 0) is 9.47 Å². The first kappa shape index (κ1) is 38.0. The van der Waals surface area contributed by atoms with E-state index in [0.29, 0.717) is 23.2 Å². The van der Waals surface area contributed by atoms with E-state index in [1.54, 1.807) is 24.4 Å². The molecule has 0 radical (unpaired) electrons. The number of ether oxygens (including phenoxy) is 2. The summed E-state index contributed by atoms with van der Waals surface area (Å²) in [6.45, 7) is 10.4. The Hall–Kier alpha value is -3.27. The number of pyridine rings is 2. The smallest absolute Gasteiger partial charge is 0.410 e. The van der Waals surface area contributed by atoms with Gasteiger partial charge in [-0.2, -0.15) is 18.6 Å². The number of halogens is 4. The number of amides is 2. The summed E-state index contributed by atoms with van der Waals surface area (Å²) in [6, 6.07) is 8.69. The van der Waals surface area contributed by atoms with Crippen molar-refractivity contribution >= 4 is 47.2 Å². The summed E-state index contributed by atoms with van der Waals surface area (Å²) < 4.78 is 53.5. The fourth-order valence-electron chi connectivity index (χ4n) is 6.08. The van der Waals surface area contributed by atoms with Crippen LogP contribution in [0.2, 0.25) is 5.15 Å². The zero-order valence-electron chi connectivity index (χ0n) is 28.9. The average Bonchev–Trinajstić information content (AvgIpc) is 3.58. The average molecular weight is 740 g/mol. The molecule has 2 unspecified atom stereocenters. The molecule has 50 heavy (non-hydrogen) atoms. The molecule has 0 bridgehead atoms. The molecule has 2 aliphatic heterocycles. The van der Waals surface area contributed by atoms with E-state index < -0.39 is 29.3 Å². The third-order valence-corrected chi connectivity index (χ3v) is 10.0. The highest BCUT2D eigenvalue weighted by molar-refractivity contribution is 7.97. The van der Waals surface area contributed by atoms with Crippen LogP contribution in [0.1, 0.15) is 89.9 Å². The first-order chi connectivity index (χ1) is 23.5. The van der Waals surface area contributed by atoms with Crippen molar-refractivity contribution in [2.24, 2.45) is 5.41 Å². The van der Waals surface area contributed by atoms with E-state index in [0.717, 1.165) is 37.6 Å². The fourth-order valence-corrected chi connectivity index (χ4v) is 6.91. The number of alkyl halides is 3. The monoisotopic (exact) mass is 739 g/mol. The molecule has 3 N–H and O–H groups in total. The number of aromatic nitrogens is 2. The molecule has 0 aromatic carbocycles. The van der Waals surface area contributed by atoms with Crippen molar-refractivity contribution < 1.29 is 32.2 Å². The van der Waals surface area contributed by atoms with Gasteiger partial charge in [0, 0.05) is 42.9 Å². The van der Waals surface area contributed by atoms with Gasteiger partial charge in [-0.3, -0.25) is 14.5 Å². The number of carbonyl (C=O) groups excluding carboxylic acids is 2. The first-order valence-electron chi connectivity index (χ1n) is 16.8. The molecule has 2 atom stereocenters. The third kappa shape index (κ3) is 9.53. The number of hydrazine groups is 1. The Kier molecular flexibility index (Phi) is 11.5. The lowest BCUT2D eigenvalue weighted by atomic mass is 10.0. The fraction of sp³-hybridized carbons (Fsp3) is 0.588. The van der Waals surface area contributed by atoms with E-state index in [1.807, 2.05) is 37.8 Å². The van der Waals surface area contributed by atoms with Gasteiger partial charge in [0.1, 0.15) is 33.6 Å². The number of anilines is 2. The lowest BCUT2D eigenvalue weighted by molar-refractivity contribution is -0.192. The number of nitrogens with one attached hydrogen (secondary N) is 3. The van der Waals surface area contributed by atoms with Crippen LogP contribution in [0, 0.1) is 5.41 Å². The van der Waals surface area contributed by atoms with Crippen molar-refractivity contribution in [3.63, 3.8) is 0 Å². The highest BCUT2D eigenvalue weighted by atomic mass is 35.5. The van der Waals surface area contributed by atoms with E-state index in [1.165, 1.54) is 11.1 Å². The summed E-state index contributed by atoms with van der Waals surface area (Å²) in [5, 5.41) is 5.40. The Morgan fingerprint density at radius 2 is 1.88 bits per heavy atom. The lowest BCUT2D eigenvalue weighted by Gasteiger charge is -2.37. The van der Waals surface area contributed by atoms with Crippen molar-refractivity contribution in [2.45, 2.75) is 114 Å². The van der Waals surface area contributed by atoms with E-state index in [4.69, 9.17) is 21.1 Å². The van der Waals surface area contributed by atoms with Gasteiger partial charge in [-0.05, 0) is 110 Å². The van der Waals surface area contributed by atoms with Gasteiger partial charge < -0.3 is 19.7 Å². The Morgan fingerprint density at radius 3 is 2.56 bits per heavy atom. The number of likely N-dealkylation sites (tertiary alicyclic amines) is 1. The van der Waals surface area contributed by atoms with Crippen molar-refractivity contribution in [3.8, 4) is 0 Å². The minimum Gasteiger partial charge on any atom is -0.444 e. The predicted molar refractivity (Wildman–Crippen MR) is 187 cm³/mol. The van der Waals surface area contributed by atoms with Crippen LogP contribution in [0.25, 0.3) is 0 Å². The van der Waals surface area contributed by atoms with Crippen LogP contribution in [0.3, 0.4) is 0 Å². The SMILES string of the molecule is CC(C)(C)OC(=O)N1C(CCCNc2cccc(SNC(=O)c3ccc(N4C=CC(OCCC5(C(F)(F)F)CC5)N4)nc3Cl)n2)CCC1(C)C. The van der Waals surface area contributed by atoms with E-state index in [9.17, 15) is 22.8 Å². The molecule has 274 valence electrons. The minimum atomic E-state index is -4.21. The second-order valence-corrected chi connectivity index (χ2v) is 15.7. The zero-order valence-corrected chi connectivity index (χ0v) is 30.5. The van der Waals surface area contributed by atoms with Gasteiger partial charge in [-0.25, -0.2) is 14.8 Å². The number of nitrogens with zero attached hydrogens (tertiary/aromatic N) is 4. The van der Waals surface area contributed by atoms with Gasteiger partial charge in [-0.1, -0.05) is 17.7 Å². The molecule has 1 saturated heterocycles. The molecule has 1 aliphatic carbocycles. The molecule has 1 saturated carbocycles. The molecule has 2 aromatic rings. The summed E-state index contributed by atoms with van der Waals surface area (Å²) >= 11 is 7.41. The second kappa shape index (κ2) is 15.1. The normalized spacial score (nSPS) is 21.0. The maximum atomic E-state index is 13.2. The van der Waals surface area contributed by atoms with Gasteiger partial charge in [-0.15, -0.1) is 0 Å². The molecule has 4 heterocycles. The Morgan fingerprint density at radius 1 is 1.12 bits per heavy atom. The lowest BCUT2D eigenvalue weighted by Crippen LogP contribution is -2.49. The molecule has 5 rings (SSSR count). The number of hydrogen-bond donors (Lipinski definition) is 3. The van der Waals surface area contributed by atoms with Gasteiger partial charge in [0.25, 0.3) is 5.91 Å². The molecule has 2 fully saturated rings. The number of rotatable bonds is 13. The van der Waals surface area contributed by atoms with Crippen molar-refractivity contribution in [1.82, 2.24) is 25.0 Å². The van der Waals surface area contributed by atoms with Crippen LogP contribution < -0.4 is 20.5 Å². The van der Waals surface area contributed by atoms with Gasteiger partial charge in [0.2, 0.25) is 0 Å². The highest BCUT2D eigenvalue weighted by Gasteiger charge is 2.62. The van der Waals surface area contributed by atoms with Gasteiger partial charge in [0.15, 0.2) is 0 Å². The molecule has 2 aromatic heterocycles. The summed E-state index contributed by atoms with van der Waals surface area (Å²) in [6.07, 6.45) is 1.90. The Bertz CT molecular complexity index is 1570. The van der Waals surface area contributed by atoms with Gasteiger partial charge >= 0.3 is 12.3 Å². The quantitative estimate of drug-likeness (QED) is 0.106. The molecule has 2 amide bonds. The zero-order chi connectivity index (χ0) is 36.3. The van der Waals surface area contributed by atoms with E-state index >= 15 is 0 Å². The summed E-state index contributed by atoms with van der Waals surface area (Å²) in [5.74, 6) is 0.577. The molecule has 11 nitrogen and oxygen atoms in total. The maximum Gasteiger partial charge on any atom is 0.410 e. The molecule has 16 heteroatoms. The van der Waals surface area contributed by atoms with Crippen molar-refractivity contribution in [3.05, 3.63) is 53.3 Å². The van der Waals surface area contributed by atoms with Crippen LogP contribution in [0.4, 0.5) is 29.6 Å². The molecule has 0 spiro atoms. The van der Waals surface area contributed by atoms with Crippen LogP contribution in [0.15, 0.2) is 47.6 Å². The van der Waals surface area contributed by atoms with Crippen LogP contribution in [-0.4, -0.2) is 69.6 Å². The maximum absolute atomic E-state index is 13.2. The number of hydrogen-bond acceptors (Lipinski definition) is 10. The van der Waals surface area contributed by atoms with Crippen LogP contribution in [0.5, 0.6) is 0 Å². The van der Waals surface area contributed by atoms with Crippen molar-refractivity contribution in [2.75, 3.05) is 23.5 Å². The standard InChI is InChI=1S/C34H45ClF3N7O4S/c1-31(2,3)49-30(47)45-22(13-15-32(45,4)5)8-7-19-39-24-9-6-10-27(40-24)50-43-29(46)23-11-12-25(41-28(23)35)44-20-14-26(42-44)48-21-18-33(16-17-33)34(36,37)38/h6,9-12,14,20,22,26,42H,7-8,13,15-19,21H2,1-5H3,(H,39,40)(H,43,46).